The second-order valence-corrected chi connectivity index (χ2v) is 3.97. The van der Waals surface area contributed by atoms with Gasteiger partial charge in [0.25, 0.3) is 0 Å². The Labute approximate surface area is 90.1 Å². The largest absolute Gasteiger partial charge is 0.467 e. The fourth-order valence-electron chi connectivity index (χ4n) is 1.31. The van der Waals surface area contributed by atoms with Gasteiger partial charge in [0, 0.05) is 4.47 Å². The molecule has 4 heteroatoms. The van der Waals surface area contributed by atoms with Crippen molar-refractivity contribution in [1.82, 2.24) is 0 Å². The first kappa shape index (κ1) is 9.68. The maximum atomic E-state index is 11.1. The summed E-state index contributed by atoms with van der Waals surface area (Å²) in [6.45, 7) is 0. The van der Waals surface area contributed by atoms with Gasteiger partial charge in [-0.1, -0.05) is 28.1 Å². The van der Waals surface area contributed by atoms with Gasteiger partial charge in [-0.15, -0.1) is 0 Å². The molecule has 1 aliphatic rings. The second kappa shape index (κ2) is 3.71. The zero-order chi connectivity index (χ0) is 10.1. The third-order valence-electron chi connectivity index (χ3n) is 2.12. The van der Waals surface area contributed by atoms with Crippen molar-refractivity contribution < 1.29 is 14.3 Å². The molecule has 1 fully saturated rings. The van der Waals surface area contributed by atoms with Gasteiger partial charge >= 0.3 is 5.97 Å². The van der Waals surface area contributed by atoms with Gasteiger partial charge in [0.05, 0.1) is 7.11 Å². The molecule has 0 aromatic heterocycles. The van der Waals surface area contributed by atoms with E-state index in [0.29, 0.717) is 0 Å². The van der Waals surface area contributed by atoms with Crippen LogP contribution >= 0.6 is 15.9 Å². The van der Waals surface area contributed by atoms with Gasteiger partial charge in [-0.25, -0.2) is 4.79 Å². The summed E-state index contributed by atoms with van der Waals surface area (Å²) in [5.41, 5.74) is 1.00. The molecule has 0 saturated carbocycles. The lowest BCUT2D eigenvalue weighted by Gasteiger charge is -1.95. The van der Waals surface area contributed by atoms with E-state index >= 15 is 0 Å². The van der Waals surface area contributed by atoms with Crippen LogP contribution in [0.25, 0.3) is 0 Å². The number of halogens is 1. The molecule has 0 N–H and O–H groups in total. The molecule has 1 aromatic rings. The first-order valence-electron chi connectivity index (χ1n) is 4.21. The smallest absolute Gasteiger partial charge is 0.338 e. The average molecular weight is 257 g/mol. The topological polar surface area (TPSA) is 38.8 Å². The number of carbonyl (C=O) groups is 1. The predicted octanol–water partition coefficient (Wildman–Crippen LogP) is 2.06. The lowest BCUT2D eigenvalue weighted by atomic mass is 10.1. The molecule has 74 valence electrons. The van der Waals surface area contributed by atoms with Crippen LogP contribution in [0.1, 0.15) is 11.7 Å². The van der Waals surface area contributed by atoms with Crippen LogP contribution in [0, 0.1) is 0 Å². The van der Waals surface area contributed by atoms with Crippen molar-refractivity contribution in [3.05, 3.63) is 34.3 Å². The van der Waals surface area contributed by atoms with E-state index in [9.17, 15) is 4.79 Å². The van der Waals surface area contributed by atoms with Crippen molar-refractivity contribution in [2.45, 2.75) is 12.2 Å². The molecule has 0 bridgehead atoms. The Balaban J connectivity index is 2.06. The van der Waals surface area contributed by atoms with Crippen LogP contribution < -0.4 is 0 Å². The van der Waals surface area contributed by atoms with E-state index < -0.39 is 6.10 Å². The molecule has 2 rings (SSSR count). The Morgan fingerprint density at radius 1 is 1.43 bits per heavy atom. The van der Waals surface area contributed by atoms with Crippen molar-refractivity contribution in [3.8, 4) is 0 Å². The molecule has 0 radical (unpaired) electrons. The monoisotopic (exact) mass is 256 g/mol. The molecule has 1 heterocycles. The van der Waals surface area contributed by atoms with Crippen LogP contribution in [0.2, 0.25) is 0 Å². The summed E-state index contributed by atoms with van der Waals surface area (Å²) in [6, 6.07) is 7.70. The van der Waals surface area contributed by atoms with Crippen LogP contribution in [-0.2, 0) is 14.3 Å². The number of methoxy groups -OCH3 is 1. The fraction of sp³-hybridized carbons (Fsp3) is 0.300. The van der Waals surface area contributed by atoms with Crippen LogP contribution in [0.3, 0.4) is 0 Å². The molecule has 0 amide bonds. The van der Waals surface area contributed by atoms with Crippen LogP contribution in [-0.4, -0.2) is 19.2 Å². The van der Waals surface area contributed by atoms with Gasteiger partial charge in [-0.2, -0.15) is 0 Å². The van der Waals surface area contributed by atoms with Gasteiger partial charge in [0.15, 0.2) is 6.10 Å². The minimum Gasteiger partial charge on any atom is -0.467 e. The quantitative estimate of drug-likeness (QED) is 0.601. The number of carbonyl (C=O) groups excluding carboxylic acids is 1. The molecule has 0 spiro atoms. The minimum absolute atomic E-state index is 0.129. The van der Waals surface area contributed by atoms with E-state index in [0.717, 1.165) is 10.0 Å². The second-order valence-electron chi connectivity index (χ2n) is 3.05. The Kier molecular flexibility index (Phi) is 2.56. The van der Waals surface area contributed by atoms with Crippen LogP contribution in [0.4, 0.5) is 0 Å². The van der Waals surface area contributed by atoms with Gasteiger partial charge in [-0.3, -0.25) is 0 Å². The summed E-state index contributed by atoms with van der Waals surface area (Å²) in [6.07, 6.45) is -0.545. The van der Waals surface area contributed by atoms with Gasteiger partial charge < -0.3 is 9.47 Å². The highest BCUT2D eigenvalue weighted by molar-refractivity contribution is 9.10. The van der Waals surface area contributed by atoms with Crippen molar-refractivity contribution in [2.24, 2.45) is 0 Å². The molecule has 2 atom stereocenters. The molecule has 0 aliphatic carbocycles. The molecule has 1 aliphatic heterocycles. The van der Waals surface area contributed by atoms with Gasteiger partial charge in [0.1, 0.15) is 6.10 Å². The minimum atomic E-state index is -0.416. The number of ether oxygens (including phenoxy) is 2. The maximum absolute atomic E-state index is 11.1. The third kappa shape index (κ3) is 1.81. The summed E-state index contributed by atoms with van der Waals surface area (Å²) in [4.78, 5) is 11.1. The number of esters is 1. The highest BCUT2D eigenvalue weighted by Gasteiger charge is 2.47. The molecule has 0 unspecified atom stereocenters. The summed E-state index contributed by atoms with van der Waals surface area (Å²) in [7, 11) is 1.36. The van der Waals surface area contributed by atoms with E-state index in [1.807, 2.05) is 24.3 Å². The number of rotatable bonds is 2. The highest BCUT2D eigenvalue weighted by atomic mass is 79.9. The van der Waals surface area contributed by atoms with E-state index in [-0.39, 0.29) is 12.1 Å². The lowest BCUT2D eigenvalue weighted by Crippen LogP contribution is -2.09. The molecule has 14 heavy (non-hydrogen) atoms. The molecule has 1 saturated heterocycles. The average Bonchev–Trinajstić information content (AvgIpc) is 2.98. The number of hydrogen-bond acceptors (Lipinski definition) is 3. The summed E-state index contributed by atoms with van der Waals surface area (Å²) >= 11 is 3.34. The molecule has 3 nitrogen and oxygen atoms in total. The Morgan fingerprint density at radius 2 is 2.07 bits per heavy atom. The van der Waals surface area contributed by atoms with Crippen molar-refractivity contribution in [2.75, 3.05) is 7.11 Å². The van der Waals surface area contributed by atoms with Crippen molar-refractivity contribution in [3.63, 3.8) is 0 Å². The standard InChI is InChI=1S/C10H9BrO3/c1-13-10(12)9-8(14-9)6-2-4-7(11)5-3-6/h2-5,8-9H,1H3/t8-,9+/m0/s1. The highest BCUT2D eigenvalue weighted by Crippen LogP contribution is 2.39. The SMILES string of the molecule is COC(=O)[C@@H]1O[C@H]1c1ccc(Br)cc1. The summed E-state index contributed by atoms with van der Waals surface area (Å²) in [5, 5.41) is 0. The summed E-state index contributed by atoms with van der Waals surface area (Å²) < 4.78 is 10.8. The van der Waals surface area contributed by atoms with Crippen LogP contribution in [0.15, 0.2) is 28.7 Å². The maximum Gasteiger partial charge on any atom is 0.338 e. The molecular weight excluding hydrogens is 248 g/mol. The van der Waals surface area contributed by atoms with Gasteiger partial charge in [0.2, 0.25) is 0 Å². The summed E-state index contributed by atoms with van der Waals surface area (Å²) in [5.74, 6) is -0.307. The molecular formula is C10H9BrO3. The first-order chi connectivity index (χ1) is 6.72. The van der Waals surface area contributed by atoms with E-state index in [2.05, 4.69) is 20.7 Å². The van der Waals surface area contributed by atoms with Crippen molar-refractivity contribution in [1.29, 1.82) is 0 Å². The van der Waals surface area contributed by atoms with E-state index in [1.165, 1.54) is 7.11 Å². The van der Waals surface area contributed by atoms with E-state index in [1.54, 1.807) is 0 Å². The Bertz CT molecular complexity index is 347. The fourth-order valence-corrected chi connectivity index (χ4v) is 1.58. The zero-order valence-electron chi connectivity index (χ0n) is 7.57. The zero-order valence-corrected chi connectivity index (χ0v) is 9.15. The Hall–Kier alpha value is -0.870. The third-order valence-corrected chi connectivity index (χ3v) is 2.65. The lowest BCUT2D eigenvalue weighted by molar-refractivity contribution is -0.142. The van der Waals surface area contributed by atoms with Crippen molar-refractivity contribution >= 4 is 21.9 Å². The number of epoxide rings is 1. The predicted molar refractivity (Wildman–Crippen MR) is 53.8 cm³/mol. The normalized spacial score (nSPS) is 24.4. The first-order valence-corrected chi connectivity index (χ1v) is 5.00. The Morgan fingerprint density at radius 3 is 2.64 bits per heavy atom. The number of hydrogen-bond donors (Lipinski definition) is 0. The van der Waals surface area contributed by atoms with Crippen LogP contribution in [0.5, 0.6) is 0 Å². The molecule has 1 aromatic carbocycles. The van der Waals surface area contributed by atoms with Gasteiger partial charge in [-0.05, 0) is 17.7 Å². The van der Waals surface area contributed by atoms with E-state index in [4.69, 9.17) is 4.74 Å². The number of benzene rings is 1.